The van der Waals surface area contributed by atoms with E-state index in [4.69, 9.17) is 10.5 Å². The second kappa shape index (κ2) is 6.61. The molecule has 0 saturated carbocycles. The molecule has 5 heteroatoms. The number of likely N-dealkylation sites (tertiary alicyclic amines) is 1. The number of ether oxygens (including phenoxy) is 1. The molecular formula is C16H22N2O3. The number of hydrogen-bond acceptors (Lipinski definition) is 4. The fourth-order valence-electron chi connectivity index (χ4n) is 2.70. The predicted molar refractivity (Wildman–Crippen MR) is 80.9 cm³/mol. The molecule has 1 heterocycles. The van der Waals surface area contributed by atoms with Crippen molar-refractivity contribution in [3.8, 4) is 0 Å². The number of rotatable bonds is 3. The smallest absolute Gasteiger partial charge is 0.309 e. The summed E-state index contributed by atoms with van der Waals surface area (Å²) < 4.78 is 5.03. The number of nitrogens with zero attached hydrogens (tertiary/aromatic N) is 1. The summed E-state index contributed by atoms with van der Waals surface area (Å²) in [6.45, 7) is 5.28. The minimum atomic E-state index is -0.149. The number of carbonyl (C=O) groups excluding carboxylic acids is 2. The highest BCUT2D eigenvalue weighted by Crippen LogP contribution is 2.21. The van der Waals surface area contributed by atoms with Crippen molar-refractivity contribution in [3.05, 3.63) is 29.3 Å². The molecule has 1 aliphatic rings. The van der Waals surface area contributed by atoms with Gasteiger partial charge in [0.25, 0.3) is 5.91 Å². The third kappa shape index (κ3) is 3.74. The van der Waals surface area contributed by atoms with Gasteiger partial charge in [-0.25, -0.2) is 0 Å². The Balaban J connectivity index is 1.98. The lowest BCUT2D eigenvalue weighted by Gasteiger charge is -2.31. The lowest BCUT2D eigenvalue weighted by Crippen LogP contribution is -2.40. The first-order valence-electron chi connectivity index (χ1n) is 7.34. The van der Waals surface area contributed by atoms with E-state index >= 15 is 0 Å². The van der Waals surface area contributed by atoms with Crippen molar-refractivity contribution >= 4 is 17.6 Å². The lowest BCUT2D eigenvalue weighted by molar-refractivity contribution is -0.149. The van der Waals surface area contributed by atoms with Crippen molar-refractivity contribution in [2.45, 2.75) is 26.7 Å². The molecule has 0 aliphatic carbocycles. The highest BCUT2D eigenvalue weighted by molar-refractivity contribution is 5.95. The van der Waals surface area contributed by atoms with Gasteiger partial charge < -0.3 is 15.4 Å². The number of anilines is 1. The molecule has 0 spiro atoms. The minimum Gasteiger partial charge on any atom is -0.466 e. The van der Waals surface area contributed by atoms with Crippen LogP contribution in [0.5, 0.6) is 0 Å². The van der Waals surface area contributed by atoms with Gasteiger partial charge in [-0.3, -0.25) is 9.59 Å². The maximum Gasteiger partial charge on any atom is 0.309 e. The molecule has 21 heavy (non-hydrogen) atoms. The molecule has 1 aliphatic heterocycles. The van der Waals surface area contributed by atoms with Crippen LogP contribution in [0.2, 0.25) is 0 Å². The summed E-state index contributed by atoms with van der Waals surface area (Å²) in [5, 5.41) is 0. The van der Waals surface area contributed by atoms with Crippen molar-refractivity contribution in [3.63, 3.8) is 0 Å². The number of piperidine rings is 1. The molecule has 0 aromatic heterocycles. The van der Waals surface area contributed by atoms with E-state index < -0.39 is 0 Å². The first-order valence-corrected chi connectivity index (χ1v) is 7.34. The average molecular weight is 290 g/mol. The van der Waals surface area contributed by atoms with E-state index in [0.29, 0.717) is 43.8 Å². The van der Waals surface area contributed by atoms with Crippen LogP contribution in [0.4, 0.5) is 5.69 Å². The average Bonchev–Trinajstić information content (AvgIpc) is 2.46. The van der Waals surface area contributed by atoms with Gasteiger partial charge in [0.1, 0.15) is 0 Å². The number of esters is 1. The Morgan fingerprint density at radius 2 is 1.95 bits per heavy atom. The Labute approximate surface area is 125 Å². The van der Waals surface area contributed by atoms with Gasteiger partial charge in [0, 0.05) is 24.3 Å². The molecule has 1 fully saturated rings. The quantitative estimate of drug-likeness (QED) is 0.682. The van der Waals surface area contributed by atoms with Gasteiger partial charge in [-0.1, -0.05) is 0 Å². The zero-order valence-electron chi connectivity index (χ0n) is 12.6. The zero-order chi connectivity index (χ0) is 15.4. The van der Waals surface area contributed by atoms with E-state index in [1.165, 1.54) is 0 Å². The number of nitrogens with two attached hydrogens (primary N) is 1. The molecule has 0 unspecified atom stereocenters. The maximum absolute atomic E-state index is 12.5. The zero-order valence-corrected chi connectivity index (χ0v) is 12.6. The molecule has 1 amide bonds. The molecule has 1 saturated heterocycles. The first-order chi connectivity index (χ1) is 10.0. The van der Waals surface area contributed by atoms with Gasteiger partial charge in [-0.2, -0.15) is 0 Å². The van der Waals surface area contributed by atoms with E-state index in [0.717, 1.165) is 5.56 Å². The van der Waals surface area contributed by atoms with Gasteiger partial charge in [0.15, 0.2) is 0 Å². The summed E-state index contributed by atoms with van der Waals surface area (Å²) in [7, 11) is 0. The Bertz CT molecular complexity index is 514. The number of carbonyl (C=O) groups is 2. The Morgan fingerprint density at radius 1 is 1.29 bits per heavy atom. The van der Waals surface area contributed by atoms with E-state index in [9.17, 15) is 9.59 Å². The maximum atomic E-state index is 12.5. The topological polar surface area (TPSA) is 72.6 Å². The van der Waals surface area contributed by atoms with E-state index in [2.05, 4.69) is 0 Å². The summed E-state index contributed by atoms with van der Waals surface area (Å²) in [6, 6.07) is 5.38. The monoisotopic (exact) mass is 290 g/mol. The second-order valence-corrected chi connectivity index (χ2v) is 5.45. The molecule has 114 valence electrons. The van der Waals surface area contributed by atoms with Crippen LogP contribution in [0.3, 0.4) is 0 Å². The summed E-state index contributed by atoms with van der Waals surface area (Å²) in [5.74, 6) is -0.256. The Hall–Kier alpha value is -2.04. The van der Waals surface area contributed by atoms with Crippen molar-refractivity contribution in [1.82, 2.24) is 4.90 Å². The fourth-order valence-corrected chi connectivity index (χ4v) is 2.70. The molecule has 5 nitrogen and oxygen atoms in total. The van der Waals surface area contributed by atoms with Crippen LogP contribution in [0.15, 0.2) is 18.2 Å². The second-order valence-electron chi connectivity index (χ2n) is 5.45. The molecule has 2 rings (SSSR count). The molecule has 0 radical (unpaired) electrons. The van der Waals surface area contributed by atoms with Crippen LogP contribution in [-0.2, 0) is 9.53 Å². The van der Waals surface area contributed by atoms with Crippen molar-refractivity contribution < 1.29 is 14.3 Å². The summed E-state index contributed by atoms with van der Waals surface area (Å²) >= 11 is 0. The number of amides is 1. The SMILES string of the molecule is CCOC(=O)C1CCN(C(=O)c2cc(C)cc(N)c2)CC1. The van der Waals surface area contributed by atoms with Gasteiger partial charge >= 0.3 is 5.97 Å². The predicted octanol–water partition coefficient (Wildman–Crippen LogP) is 1.99. The lowest BCUT2D eigenvalue weighted by atomic mass is 9.96. The minimum absolute atomic E-state index is 0.0206. The van der Waals surface area contributed by atoms with Gasteiger partial charge in [-0.05, 0) is 50.5 Å². The standard InChI is InChI=1S/C16H22N2O3/c1-3-21-16(20)12-4-6-18(7-5-12)15(19)13-8-11(2)9-14(17)10-13/h8-10,12H,3-7,17H2,1-2H3. The molecule has 2 N–H and O–H groups in total. The molecule has 1 aromatic carbocycles. The Morgan fingerprint density at radius 3 is 2.52 bits per heavy atom. The van der Waals surface area contributed by atoms with Crippen molar-refractivity contribution in [1.29, 1.82) is 0 Å². The normalized spacial score (nSPS) is 15.8. The van der Waals surface area contributed by atoms with Crippen molar-refractivity contribution in [2.24, 2.45) is 5.92 Å². The first kappa shape index (κ1) is 15.4. The number of nitrogen functional groups attached to an aromatic ring is 1. The van der Waals surface area contributed by atoms with Crippen LogP contribution in [0.1, 0.15) is 35.7 Å². The van der Waals surface area contributed by atoms with E-state index in [-0.39, 0.29) is 17.8 Å². The van der Waals surface area contributed by atoms with Crippen LogP contribution in [-0.4, -0.2) is 36.5 Å². The van der Waals surface area contributed by atoms with Gasteiger partial charge in [-0.15, -0.1) is 0 Å². The summed E-state index contributed by atoms with van der Waals surface area (Å²) in [4.78, 5) is 25.9. The summed E-state index contributed by atoms with van der Waals surface area (Å²) in [5.41, 5.74) is 7.97. The number of benzene rings is 1. The van der Waals surface area contributed by atoms with Gasteiger partial charge in [0.2, 0.25) is 0 Å². The molecule has 0 atom stereocenters. The number of aryl methyl sites for hydroxylation is 1. The third-order valence-corrected chi connectivity index (χ3v) is 3.75. The van der Waals surface area contributed by atoms with Crippen LogP contribution >= 0.6 is 0 Å². The third-order valence-electron chi connectivity index (χ3n) is 3.75. The highest BCUT2D eigenvalue weighted by atomic mass is 16.5. The van der Waals surface area contributed by atoms with Crippen molar-refractivity contribution in [2.75, 3.05) is 25.4 Å². The highest BCUT2D eigenvalue weighted by Gasteiger charge is 2.28. The van der Waals surface area contributed by atoms with Crippen LogP contribution in [0.25, 0.3) is 0 Å². The number of hydrogen-bond donors (Lipinski definition) is 1. The largest absolute Gasteiger partial charge is 0.466 e. The van der Waals surface area contributed by atoms with E-state index in [1.807, 2.05) is 19.1 Å². The molecule has 0 bridgehead atoms. The van der Waals surface area contributed by atoms with Crippen LogP contribution in [0, 0.1) is 12.8 Å². The molecular weight excluding hydrogens is 268 g/mol. The molecule has 1 aromatic rings. The fraction of sp³-hybridized carbons (Fsp3) is 0.500. The Kier molecular flexibility index (Phi) is 4.83. The van der Waals surface area contributed by atoms with E-state index in [1.54, 1.807) is 17.9 Å². The summed E-state index contributed by atoms with van der Waals surface area (Å²) in [6.07, 6.45) is 1.32. The van der Waals surface area contributed by atoms with Gasteiger partial charge in [0.05, 0.1) is 12.5 Å². The van der Waals surface area contributed by atoms with Crippen LogP contribution < -0.4 is 5.73 Å².